The van der Waals surface area contributed by atoms with Gasteiger partial charge < -0.3 is 5.32 Å². The van der Waals surface area contributed by atoms with Gasteiger partial charge in [-0.15, -0.1) is 0 Å². The van der Waals surface area contributed by atoms with Crippen molar-refractivity contribution < 1.29 is 8.42 Å². The molecule has 0 aromatic carbocycles. The molecule has 0 aromatic heterocycles. The van der Waals surface area contributed by atoms with Gasteiger partial charge in [0.05, 0.1) is 0 Å². The van der Waals surface area contributed by atoms with E-state index < -0.39 is 10.2 Å². The summed E-state index contributed by atoms with van der Waals surface area (Å²) < 4.78 is 27.7. The van der Waals surface area contributed by atoms with Gasteiger partial charge in [0.25, 0.3) is 10.2 Å². The molecule has 0 amide bonds. The van der Waals surface area contributed by atoms with Crippen molar-refractivity contribution in [2.24, 2.45) is 0 Å². The Kier molecular flexibility index (Phi) is 4.37. The molecule has 2 rings (SSSR count). The summed E-state index contributed by atoms with van der Waals surface area (Å²) in [4.78, 5) is 2.38. The molecule has 0 aliphatic carbocycles. The Bertz CT molecular complexity index is 334. The third kappa shape index (κ3) is 3.17. The summed E-state index contributed by atoms with van der Waals surface area (Å²) in [5.41, 5.74) is 0. The van der Waals surface area contributed by atoms with Crippen molar-refractivity contribution in [3.63, 3.8) is 0 Å². The van der Waals surface area contributed by atoms with E-state index in [1.54, 1.807) is 0 Å². The van der Waals surface area contributed by atoms with Crippen molar-refractivity contribution >= 4 is 10.2 Å². The highest BCUT2D eigenvalue weighted by Gasteiger charge is 2.38. The first-order chi connectivity index (χ1) is 8.13. The van der Waals surface area contributed by atoms with Gasteiger partial charge in [0, 0.05) is 51.9 Å². The molecule has 2 saturated heterocycles. The highest BCUT2D eigenvalue weighted by Crippen LogP contribution is 2.18. The fourth-order valence-corrected chi connectivity index (χ4v) is 3.59. The highest BCUT2D eigenvalue weighted by molar-refractivity contribution is 7.87. The number of hydrogen-bond acceptors (Lipinski definition) is 4. The summed E-state index contributed by atoms with van der Waals surface area (Å²) in [7, 11) is -3.22. The fourth-order valence-electron chi connectivity index (χ4n) is 2.21. The molecular weight excluding hydrogens is 240 g/mol. The monoisotopic (exact) mass is 262 g/mol. The first-order valence-corrected chi connectivity index (χ1v) is 7.77. The first-order valence-electron chi connectivity index (χ1n) is 6.33. The van der Waals surface area contributed by atoms with Gasteiger partial charge in [-0.1, -0.05) is 6.92 Å². The second-order valence-electron chi connectivity index (χ2n) is 4.66. The Morgan fingerprint density at radius 2 is 1.94 bits per heavy atom. The van der Waals surface area contributed by atoms with Gasteiger partial charge in [-0.05, 0) is 6.42 Å². The van der Waals surface area contributed by atoms with Crippen LogP contribution in [0.15, 0.2) is 0 Å². The molecule has 0 spiro atoms. The van der Waals surface area contributed by atoms with Crippen molar-refractivity contribution in [1.82, 2.24) is 19.2 Å². The summed E-state index contributed by atoms with van der Waals surface area (Å²) in [5.74, 6) is 0. The van der Waals surface area contributed by atoms with Gasteiger partial charge >= 0.3 is 0 Å². The van der Waals surface area contributed by atoms with E-state index in [-0.39, 0.29) is 0 Å². The number of hydrogen-bond donors (Lipinski definition) is 2. The van der Waals surface area contributed by atoms with Crippen LogP contribution >= 0.6 is 0 Å². The second kappa shape index (κ2) is 5.62. The van der Waals surface area contributed by atoms with Crippen LogP contribution in [0.5, 0.6) is 0 Å². The van der Waals surface area contributed by atoms with E-state index in [1.807, 2.05) is 6.92 Å². The Balaban J connectivity index is 1.77. The third-order valence-corrected chi connectivity index (χ3v) is 4.92. The van der Waals surface area contributed by atoms with Gasteiger partial charge in [0.1, 0.15) is 0 Å². The number of piperazine rings is 1. The van der Waals surface area contributed by atoms with Crippen molar-refractivity contribution in [2.45, 2.75) is 19.4 Å². The Morgan fingerprint density at radius 3 is 2.53 bits per heavy atom. The van der Waals surface area contributed by atoms with Crippen molar-refractivity contribution in [2.75, 3.05) is 45.8 Å². The zero-order chi connectivity index (χ0) is 12.3. The predicted molar refractivity (Wildman–Crippen MR) is 67.0 cm³/mol. The summed E-state index contributed by atoms with van der Waals surface area (Å²) in [6.07, 6.45) is 0.828. The molecule has 7 heteroatoms. The van der Waals surface area contributed by atoms with Crippen LogP contribution in [-0.4, -0.2) is 69.5 Å². The van der Waals surface area contributed by atoms with Gasteiger partial charge in [-0.25, -0.2) is 4.72 Å². The Labute approximate surface area is 104 Å². The molecule has 2 fully saturated rings. The molecular formula is C10H22N4O2S. The normalized spacial score (nSPS) is 24.8. The number of rotatable bonds is 5. The van der Waals surface area contributed by atoms with E-state index in [0.29, 0.717) is 25.7 Å². The summed E-state index contributed by atoms with van der Waals surface area (Å²) in [5, 5.41) is 3.30. The fraction of sp³-hybridized carbons (Fsp3) is 1.00. The summed E-state index contributed by atoms with van der Waals surface area (Å²) in [6.45, 7) is 7.84. The highest BCUT2D eigenvalue weighted by atomic mass is 32.2. The first kappa shape index (κ1) is 13.2. The molecule has 0 bridgehead atoms. The van der Waals surface area contributed by atoms with Crippen LogP contribution in [0.25, 0.3) is 0 Å². The van der Waals surface area contributed by atoms with E-state index in [1.165, 1.54) is 4.31 Å². The lowest BCUT2D eigenvalue weighted by molar-refractivity contribution is 0.0765. The standard InChI is InChI=1S/C10H22N4O2S/c1-2-3-12-17(15,16)14-8-10(9-14)13-6-4-11-5-7-13/h10-12H,2-9H2,1H3. The molecule has 0 saturated carbocycles. The lowest BCUT2D eigenvalue weighted by Gasteiger charge is -2.45. The van der Waals surface area contributed by atoms with Crippen molar-refractivity contribution in [1.29, 1.82) is 0 Å². The molecule has 2 aliphatic rings. The molecule has 0 atom stereocenters. The van der Waals surface area contributed by atoms with Crippen LogP contribution < -0.4 is 10.0 Å². The predicted octanol–water partition coefficient (Wildman–Crippen LogP) is -1.18. The molecule has 0 aromatic rings. The lowest BCUT2D eigenvalue weighted by Crippen LogP contribution is -2.65. The largest absolute Gasteiger partial charge is 0.314 e. The average molecular weight is 262 g/mol. The second-order valence-corrected chi connectivity index (χ2v) is 6.41. The van der Waals surface area contributed by atoms with Crippen LogP contribution in [0.3, 0.4) is 0 Å². The molecule has 17 heavy (non-hydrogen) atoms. The van der Waals surface area contributed by atoms with Crippen LogP contribution in [0.4, 0.5) is 0 Å². The van der Waals surface area contributed by atoms with E-state index in [2.05, 4.69) is 14.9 Å². The number of nitrogens with one attached hydrogen (secondary N) is 2. The lowest BCUT2D eigenvalue weighted by atomic mass is 10.1. The van der Waals surface area contributed by atoms with Crippen LogP contribution in [-0.2, 0) is 10.2 Å². The zero-order valence-corrected chi connectivity index (χ0v) is 11.2. The van der Waals surface area contributed by atoms with Gasteiger partial charge in [0.2, 0.25) is 0 Å². The molecule has 100 valence electrons. The minimum atomic E-state index is -3.22. The summed E-state index contributed by atoms with van der Waals surface area (Å²) >= 11 is 0. The maximum Gasteiger partial charge on any atom is 0.279 e. The summed E-state index contributed by atoms with van der Waals surface area (Å²) in [6, 6.07) is 0.412. The molecule has 2 N–H and O–H groups in total. The van der Waals surface area contributed by atoms with Gasteiger partial charge in [0.15, 0.2) is 0 Å². The molecule has 0 unspecified atom stereocenters. The average Bonchev–Trinajstić information content (AvgIpc) is 2.25. The molecule has 2 aliphatic heterocycles. The van der Waals surface area contributed by atoms with E-state index in [0.717, 1.165) is 32.6 Å². The topological polar surface area (TPSA) is 64.7 Å². The number of nitrogens with zero attached hydrogens (tertiary/aromatic N) is 2. The SMILES string of the molecule is CCCNS(=O)(=O)N1CC(N2CCNCC2)C1. The van der Waals surface area contributed by atoms with Gasteiger partial charge in [-0.3, -0.25) is 4.90 Å². The molecule has 6 nitrogen and oxygen atoms in total. The molecule has 2 heterocycles. The quantitative estimate of drug-likeness (QED) is 0.655. The Hall–Kier alpha value is -0.210. The van der Waals surface area contributed by atoms with E-state index >= 15 is 0 Å². The van der Waals surface area contributed by atoms with Crippen LogP contribution in [0.1, 0.15) is 13.3 Å². The molecule has 0 radical (unpaired) electrons. The van der Waals surface area contributed by atoms with Gasteiger partial charge in [-0.2, -0.15) is 12.7 Å². The smallest absolute Gasteiger partial charge is 0.279 e. The van der Waals surface area contributed by atoms with E-state index in [4.69, 9.17) is 0 Å². The maximum atomic E-state index is 11.8. The van der Waals surface area contributed by atoms with E-state index in [9.17, 15) is 8.42 Å². The van der Waals surface area contributed by atoms with Crippen molar-refractivity contribution in [3.05, 3.63) is 0 Å². The van der Waals surface area contributed by atoms with Crippen LogP contribution in [0.2, 0.25) is 0 Å². The Morgan fingerprint density at radius 1 is 1.29 bits per heavy atom. The maximum absolute atomic E-state index is 11.8. The van der Waals surface area contributed by atoms with Crippen LogP contribution in [0, 0.1) is 0 Å². The minimum absolute atomic E-state index is 0.412. The minimum Gasteiger partial charge on any atom is -0.314 e. The zero-order valence-electron chi connectivity index (χ0n) is 10.4. The third-order valence-electron chi connectivity index (χ3n) is 3.37. The van der Waals surface area contributed by atoms with Crippen molar-refractivity contribution in [3.8, 4) is 0 Å².